The molecular weight excluding hydrogens is 422 g/mol. The van der Waals surface area contributed by atoms with Crippen LogP contribution >= 0.6 is 0 Å². The zero-order chi connectivity index (χ0) is 23.0. The first-order valence-corrected chi connectivity index (χ1v) is 9.64. The fourth-order valence-electron chi connectivity index (χ4n) is 3.59. The molecule has 6 nitrogen and oxygen atoms in total. The number of rotatable bonds is 5. The molecule has 0 amide bonds. The number of allylic oxidation sites excluding steroid dienone is 1. The highest BCUT2D eigenvalue weighted by Crippen LogP contribution is 2.46. The topological polar surface area (TPSA) is 82.1 Å². The van der Waals surface area contributed by atoms with Crippen molar-refractivity contribution in [1.29, 1.82) is 0 Å². The fourth-order valence-corrected chi connectivity index (χ4v) is 3.59. The van der Waals surface area contributed by atoms with Crippen LogP contribution < -0.4 is 9.47 Å². The Hall–Kier alpha value is -3.78. The number of benzene rings is 2. The molecular formula is C24H18F2O6. The predicted octanol–water partition coefficient (Wildman–Crippen LogP) is 4.15. The molecule has 164 valence electrons. The smallest absolute Gasteiger partial charge is 0.305 e. The molecule has 8 heteroatoms. The van der Waals surface area contributed by atoms with Gasteiger partial charge in [-0.3, -0.25) is 9.59 Å². The summed E-state index contributed by atoms with van der Waals surface area (Å²) < 4.78 is 44.8. The first kappa shape index (κ1) is 21.5. The van der Waals surface area contributed by atoms with Crippen LogP contribution in [0.25, 0.3) is 5.57 Å². The minimum Gasteiger partial charge on any atom is -0.456 e. The van der Waals surface area contributed by atoms with E-state index in [4.69, 9.17) is 9.47 Å². The average molecular weight is 440 g/mol. The molecule has 0 fully saturated rings. The Labute approximate surface area is 182 Å². The third kappa shape index (κ3) is 3.92. The number of hydrogen-bond acceptors (Lipinski definition) is 6. The van der Waals surface area contributed by atoms with Gasteiger partial charge in [0.15, 0.2) is 11.6 Å². The number of aliphatic hydroxyl groups excluding tert-OH is 1. The van der Waals surface area contributed by atoms with Gasteiger partial charge in [-0.2, -0.15) is 0 Å². The van der Waals surface area contributed by atoms with Crippen LogP contribution in [-0.2, 0) is 9.53 Å². The first-order valence-electron chi connectivity index (χ1n) is 9.64. The van der Waals surface area contributed by atoms with E-state index in [2.05, 4.69) is 4.74 Å². The van der Waals surface area contributed by atoms with Gasteiger partial charge in [-0.25, -0.2) is 8.78 Å². The van der Waals surface area contributed by atoms with Crippen molar-refractivity contribution in [3.63, 3.8) is 0 Å². The van der Waals surface area contributed by atoms with Gasteiger partial charge in [-0.15, -0.1) is 0 Å². The molecule has 1 atom stereocenters. The quantitative estimate of drug-likeness (QED) is 0.427. The standard InChI is InChI=1S/C24H18F2O6/c1-12-5-14(10-27)3-4-15(12)24-16-6-18(25)20(29)8-21(16)32-22-9-23(19(26)7-17(22)24)31-11-30-13(2)28/h3-10,20,29H,11H2,1-2H3. The molecule has 0 saturated heterocycles. The van der Waals surface area contributed by atoms with Gasteiger partial charge in [0.1, 0.15) is 29.7 Å². The summed E-state index contributed by atoms with van der Waals surface area (Å²) in [4.78, 5) is 22.1. The van der Waals surface area contributed by atoms with Crippen LogP contribution in [0.4, 0.5) is 8.78 Å². The maximum absolute atomic E-state index is 14.8. The fraction of sp³-hybridized carbons (Fsp3) is 0.167. The predicted molar refractivity (Wildman–Crippen MR) is 110 cm³/mol. The summed E-state index contributed by atoms with van der Waals surface area (Å²) in [6, 6.07) is 7.43. The molecule has 2 aromatic carbocycles. The number of fused-ring (bicyclic) bond motifs is 2. The molecule has 0 aromatic heterocycles. The van der Waals surface area contributed by atoms with E-state index >= 15 is 0 Å². The largest absolute Gasteiger partial charge is 0.456 e. The second kappa shape index (κ2) is 8.39. The average Bonchev–Trinajstić information content (AvgIpc) is 2.74. The van der Waals surface area contributed by atoms with Gasteiger partial charge in [0.2, 0.25) is 6.79 Å². The van der Waals surface area contributed by atoms with E-state index in [0.717, 1.165) is 6.08 Å². The molecule has 0 bridgehead atoms. The van der Waals surface area contributed by atoms with Crippen molar-refractivity contribution in [3.8, 4) is 11.5 Å². The zero-order valence-corrected chi connectivity index (χ0v) is 17.1. The van der Waals surface area contributed by atoms with Gasteiger partial charge in [-0.1, -0.05) is 12.1 Å². The lowest BCUT2D eigenvalue weighted by Crippen LogP contribution is -2.18. The molecule has 32 heavy (non-hydrogen) atoms. The zero-order valence-electron chi connectivity index (χ0n) is 17.1. The van der Waals surface area contributed by atoms with E-state index in [9.17, 15) is 23.5 Å². The molecule has 1 N–H and O–H groups in total. The van der Waals surface area contributed by atoms with Crippen molar-refractivity contribution in [2.24, 2.45) is 0 Å². The number of carbonyl (C=O) groups excluding carboxylic acids is 2. The van der Waals surface area contributed by atoms with E-state index in [0.29, 0.717) is 39.7 Å². The molecule has 2 aliphatic rings. The molecule has 1 aliphatic heterocycles. The Balaban J connectivity index is 1.89. The number of halogens is 2. The molecule has 1 unspecified atom stereocenters. The lowest BCUT2D eigenvalue weighted by molar-refractivity contribution is -0.147. The number of carbonyl (C=O) groups is 2. The Bertz CT molecular complexity index is 1230. The van der Waals surface area contributed by atoms with Gasteiger partial charge >= 0.3 is 5.97 Å². The molecule has 0 radical (unpaired) electrons. The molecule has 0 spiro atoms. The highest BCUT2D eigenvalue weighted by atomic mass is 19.1. The summed E-state index contributed by atoms with van der Waals surface area (Å²) in [6.45, 7) is 2.49. The minimum absolute atomic E-state index is 0.192. The van der Waals surface area contributed by atoms with E-state index in [1.54, 1.807) is 25.1 Å². The van der Waals surface area contributed by atoms with Crippen molar-refractivity contribution >= 4 is 17.8 Å². The van der Waals surface area contributed by atoms with Crippen molar-refractivity contribution in [2.45, 2.75) is 20.0 Å². The number of esters is 1. The van der Waals surface area contributed by atoms with E-state index < -0.39 is 30.5 Å². The molecule has 0 saturated carbocycles. The van der Waals surface area contributed by atoms with Gasteiger partial charge < -0.3 is 19.3 Å². The Morgan fingerprint density at radius 1 is 1.22 bits per heavy atom. The normalized spacial score (nSPS) is 16.8. The minimum atomic E-state index is -1.48. The summed E-state index contributed by atoms with van der Waals surface area (Å²) in [5.74, 6) is -1.92. The maximum atomic E-state index is 14.8. The Morgan fingerprint density at radius 2 is 2.00 bits per heavy atom. The third-order valence-corrected chi connectivity index (χ3v) is 5.06. The highest BCUT2D eigenvalue weighted by molar-refractivity contribution is 5.92. The number of ether oxygens (including phenoxy) is 3. The maximum Gasteiger partial charge on any atom is 0.305 e. The van der Waals surface area contributed by atoms with Crippen molar-refractivity contribution in [3.05, 3.63) is 87.7 Å². The lowest BCUT2D eigenvalue weighted by Gasteiger charge is -2.29. The van der Waals surface area contributed by atoms with Gasteiger partial charge in [-0.05, 0) is 42.3 Å². The van der Waals surface area contributed by atoms with Crippen molar-refractivity contribution in [2.75, 3.05) is 6.79 Å². The van der Waals surface area contributed by atoms with Crippen LogP contribution in [0.3, 0.4) is 0 Å². The van der Waals surface area contributed by atoms with E-state index in [1.165, 1.54) is 25.1 Å². The SMILES string of the molecule is CC(=O)OCOc1cc2c(cc1F)C(c1ccc(C=O)cc1C)=C1C=C(F)C(O)C=C1O2. The highest BCUT2D eigenvalue weighted by Gasteiger charge is 2.31. The molecule has 2 aromatic rings. The summed E-state index contributed by atoms with van der Waals surface area (Å²) in [7, 11) is 0. The lowest BCUT2D eigenvalue weighted by atomic mass is 9.85. The van der Waals surface area contributed by atoms with Crippen LogP contribution in [0.5, 0.6) is 11.5 Å². The number of hydrogen-bond donors (Lipinski definition) is 1. The summed E-state index contributed by atoms with van der Waals surface area (Å²) in [6.07, 6.45) is 1.59. The number of aliphatic hydroxyl groups is 1. The second-order valence-corrected chi connectivity index (χ2v) is 7.26. The van der Waals surface area contributed by atoms with E-state index in [-0.39, 0.29) is 17.3 Å². The van der Waals surface area contributed by atoms with Crippen LogP contribution in [0, 0.1) is 12.7 Å². The van der Waals surface area contributed by atoms with E-state index in [1.807, 2.05) is 0 Å². The molecule has 1 heterocycles. The van der Waals surface area contributed by atoms with Gasteiger partial charge in [0.05, 0.1) is 0 Å². The Morgan fingerprint density at radius 3 is 2.69 bits per heavy atom. The van der Waals surface area contributed by atoms with Crippen molar-refractivity contribution < 1.29 is 37.7 Å². The van der Waals surface area contributed by atoms with Crippen LogP contribution in [0.1, 0.15) is 34.0 Å². The van der Waals surface area contributed by atoms with Gasteiger partial charge in [0.25, 0.3) is 0 Å². The second-order valence-electron chi connectivity index (χ2n) is 7.26. The van der Waals surface area contributed by atoms with Crippen molar-refractivity contribution in [1.82, 2.24) is 0 Å². The summed E-state index contributed by atoms with van der Waals surface area (Å²) >= 11 is 0. The Kier molecular flexibility index (Phi) is 5.63. The number of aryl methyl sites for hydroxylation is 1. The van der Waals surface area contributed by atoms with Crippen LogP contribution in [-0.4, -0.2) is 30.3 Å². The first-order chi connectivity index (χ1) is 15.3. The van der Waals surface area contributed by atoms with Crippen LogP contribution in [0.2, 0.25) is 0 Å². The monoisotopic (exact) mass is 440 g/mol. The van der Waals surface area contributed by atoms with Crippen LogP contribution in [0.15, 0.2) is 59.6 Å². The third-order valence-electron chi connectivity index (χ3n) is 5.06. The van der Waals surface area contributed by atoms with Gasteiger partial charge in [0, 0.05) is 35.3 Å². The summed E-state index contributed by atoms with van der Waals surface area (Å²) in [5, 5.41) is 9.92. The molecule has 1 aliphatic carbocycles. The number of aldehydes is 1. The summed E-state index contributed by atoms with van der Waals surface area (Å²) in [5.41, 5.74) is 2.93. The molecule has 4 rings (SSSR count).